The largest absolute Gasteiger partial charge is 0.341 e. The first-order valence-corrected chi connectivity index (χ1v) is 12.9. The maximum Gasteiger partial charge on any atom is 0.281 e. The second-order valence-corrected chi connectivity index (χ2v) is 10.4. The van der Waals surface area contributed by atoms with Crippen molar-refractivity contribution in [2.45, 2.75) is 40.2 Å². The molecular formula is C29H32N4O2S. The zero-order valence-corrected chi connectivity index (χ0v) is 22.1. The summed E-state index contributed by atoms with van der Waals surface area (Å²) in [7, 11) is 1.83. The van der Waals surface area contributed by atoms with E-state index in [1.54, 1.807) is 9.80 Å². The number of piperidine rings is 1. The van der Waals surface area contributed by atoms with Crippen LogP contribution in [0.15, 0.2) is 54.4 Å². The first-order chi connectivity index (χ1) is 17.2. The number of carbonyl (C=O) groups excluding carboxylic acids is 2. The van der Waals surface area contributed by atoms with Gasteiger partial charge in [-0.2, -0.15) is 0 Å². The lowest BCUT2D eigenvalue weighted by Crippen LogP contribution is -2.39. The summed E-state index contributed by atoms with van der Waals surface area (Å²) < 4.78 is 2.00. The maximum atomic E-state index is 13.5. The number of anilines is 1. The molecule has 3 aromatic rings. The Morgan fingerprint density at radius 3 is 2.53 bits per heavy atom. The van der Waals surface area contributed by atoms with Crippen LogP contribution in [0.25, 0.3) is 17.0 Å². The van der Waals surface area contributed by atoms with E-state index in [9.17, 15) is 9.59 Å². The van der Waals surface area contributed by atoms with Gasteiger partial charge in [-0.25, -0.2) is 0 Å². The minimum Gasteiger partial charge on any atom is -0.341 e. The Balaban J connectivity index is 1.47. The predicted molar refractivity (Wildman–Crippen MR) is 149 cm³/mol. The van der Waals surface area contributed by atoms with Crippen LogP contribution in [0.4, 0.5) is 5.69 Å². The third kappa shape index (κ3) is 4.32. The lowest BCUT2D eigenvalue weighted by Gasteiger charge is -2.30. The van der Waals surface area contributed by atoms with Crippen LogP contribution in [0.3, 0.4) is 0 Å². The van der Waals surface area contributed by atoms with Crippen LogP contribution in [0.1, 0.15) is 36.5 Å². The molecule has 2 aromatic carbocycles. The molecule has 36 heavy (non-hydrogen) atoms. The Labute approximate surface area is 217 Å². The highest BCUT2D eigenvalue weighted by Gasteiger charge is 2.37. The molecule has 0 unspecified atom stereocenters. The second kappa shape index (κ2) is 9.54. The zero-order chi connectivity index (χ0) is 25.6. The number of nitrogens with zero attached hydrogens (tertiary/aromatic N) is 4. The SMILES string of the molecule is Cc1ccc(N2C(=O)/C(=C/c3cn(CC(=O)N4CCC(C)CC4)c4ccccc34)N(C)C2=S)cc1C. The van der Waals surface area contributed by atoms with Crippen LogP contribution in [0, 0.1) is 19.8 Å². The molecule has 0 atom stereocenters. The van der Waals surface area contributed by atoms with E-state index < -0.39 is 0 Å². The summed E-state index contributed by atoms with van der Waals surface area (Å²) in [6, 6.07) is 14.0. The second-order valence-electron chi connectivity index (χ2n) is 10.1. The number of fused-ring (bicyclic) bond motifs is 1. The van der Waals surface area contributed by atoms with Gasteiger partial charge in [0.2, 0.25) is 5.91 Å². The number of para-hydroxylation sites is 1. The van der Waals surface area contributed by atoms with Crippen molar-refractivity contribution < 1.29 is 9.59 Å². The van der Waals surface area contributed by atoms with E-state index in [1.165, 1.54) is 5.56 Å². The number of aryl methyl sites for hydroxylation is 2. The van der Waals surface area contributed by atoms with Crippen molar-refractivity contribution in [1.29, 1.82) is 0 Å². The van der Waals surface area contributed by atoms with E-state index in [4.69, 9.17) is 12.2 Å². The quantitative estimate of drug-likeness (QED) is 0.369. The van der Waals surface area contributed by atoms with Crippen molar-refractivity contribution >= 4 is 51.8 Å². The molecule has 2 amide bonds. The summed E-state index contributed by atoms with van der Waals surface area (Å²) in [6.07, 6.45) is 5.98. The standard InChI is InChI=1S/C29H32N4O2S/c1-19-11-13-31(14-12-19)27(34)18-32-17-22(24-7-5-6-8-25(24)32)16-26-28(35)33(29(36)30(26)4)23-10-9-20(2)21(3)15-23/h5-10,15-17,19H,11-14,18H2,1-4H3/b26-16-. The molecule has 0 N–H and O–H groups in total. The molecule has 0 radical (unpaired) electrons. The Hall–Kier alpha value is -3.45. The van der Waals surface area contributed by atoms with Gasteiger partial charge in [-0.3, -0.25) is 14.5 Å². The third-order valence-corrected chi connectivity index (χ3v) is 8.02. The molecule has 1 aromatic heterocycles. The lowest BCUT2D eigenvalue weighted by molar-refractivity contribution is -0.133. The minimum absolute atomic E-state index is 0.137. The smallest absolute Gasteiger partial charge is 0.281 e. The van der Waals surface area contributed by atoms with E-state index in [0.29, 0.717) is 16.7 Å². The van der Waals surface area contributed by atoms with Gasteiger partial charge < -0.3 is 14.4 Å². The third-order valence-electron chi connectivity index (χ3n) is 7.56. The van der Waals surface area contributed by atoms with E-state index in [-0.39, 0.29) is 18.4 Å². The molecule has 3 heterocycles. The molecule has 0 aliphatic carbocycles. The van der Waals surface area contributed by atoms with Crippen molar-refractivity contribution in [3.63, 3.8) is 0 Å². The maximum absolute atomic E-state index is 13.5. The highest BCUT2D eigenvalue weighted by molar-refractivity contribution is 7.80. The Morgan fingerprint density at radius 1 is 1.08 bits per heavy atom. The zero-order valence-electron chi connectivity index (χ0n) is 21.3. The normalized spacial score (nSPS) is 18.2. The molecule has 0 spiro atoms. The summed E-state index contributed by atoms with van der Waals surface area (Å²) in [5.74, 6) is 0.661. The summed E-state index contributed by atoms with van der Waals surface area (Å²) in [4.78, 5) is 31.9. The number of benzene rings is 2. The summed E-state index contributed by atoms with van der Waals surface area (Å²) in [6.45, 7) is 8.25. The summed E-state index contributed by atoms with van der Waals surface area (Å²) in [5, 5.41) is 1.45. The van der Waals surface area contributed by atoms with Gasteiger partial charge in [0.05, 0.1) is 5.69 Å². The number of amides is 2. The predicted octanol–water partition coefficient (Wildman–Crippen LogP) is 5.12. The Bertz CT molecular complexity index is 1400. The fourth-order valence-electron chi connectivity index (χ4n) is 5.02. The number of hydrogen-bond donors (Lipinski definition) is 0. The minimum atomic E-state index is -0.152. The van der Waals surface area contributed by atoms with E-state index in [2.05, 4.69) is 6.92 Å². The molecule has 2 fully saturated rings. The fourth-order valence-corrected chi connectivity index (χ4v) is 5.31. The van der Waals surface area contributed by atoms with Crippen LogP contribution in [-0.2, 0) is 16.1 Å². The average Bonchev–Trinajstić information content (AvgIpc) is 3.31. The Kier molecular flexibility index (Phi) is 6.43. The number of thiocarbonyl (C=S) groups is 1. The van der Waals surface area contributed by atoms with Gasteiger partial charge in [-0.05, 0) is 80.2 Å². The number of aromatic nitrogens is 1. The number of likely N-dealkylation sites (tertiary alicyclic amines) is 1. The number of rotatable bonds is 4. The van der Waals surface area contributed by atoms with Crippen LogP contribution in [0.2, 0.25) is 0 Å². The number of carbonyl (C=O) groups is 2. The van der Waals surface area contributed by atoms with Crippen LogP contribution >= 0.6 is 12.2 Å². The number of likely N-dealkylation sites (N-methyl/N-ethyl adjacent to an activating group) is 1. The molecular weight excluding hydrogens is 468 g/mol. The summed E-state index contributed by atoms with van der Waals surface area (Å²) in [5.41, 5.74) is 5.43. The molecule has 2 aliphatic heterocycles. The fraction of sp³-hybridized carbons (Fsp3) is 0.345. The van der Waals surface area contributed by atoms with Crippen LogP contribution in [0.5, 0.6) is 0 Å². The van der Waals surface area contributed by atoms with E-state index in [0.717, 1.165) is 53.6 Å². The van der Waals surface area contributed by atoms with Gasteiger partial charge in [0.25, 0.3) is 5.91 Å². The average molecular weight is 501 g/mol. The van der Waals surface area contributed by atoms with Gasteiger partial charge in [0.15, 0.2) is 5.11 Å². The van der Waals surface area contributed by atoms with Crippen molar-refractivity contribution in [2.75, 3.05) is 25.0 Å². The van der Waals surface area contributed by atoms with Crippen molar-refractivity contribution in [3.8, 4) is 0 Å². The molecule has 0 bridgehead atoms. The Morgan fingerprint density at radius 2 is 1.81 bits per heavy atom. The molecule has 7 heteroatoms. The first-order valence-electron chi connectivity index (χ1n) is 12.5. The number of hydrogen-bond acceptors (Lipinski definition) is 3. The van der Waals surface area contributed by atoms with Crippen molar-refractivity contribution in [3.05, 3.63) is 71.0 Å². The topological polar surface area (TPSA) is 48.8 Å². The molecule has 186 valence electrons. The van der Waals surface area contributed by atoms with E-state index in [1.807, 2.05) is 85.1 Å². The van der Waals surface area contributed by atoms with Gasteiger partial charge in [-0.1, -0.05) is 31.2 Å². The highest BCUT2D eigenvalue weighted by Crippen LogP contribution is 2.31. The molecule has 2 aliphatic rings. The highest BCUT2D eigenvalue weighted by atomic mass is 32.1. The molecule has 6 nitrogen and oxygen atoms in total. The lowest BCUT2D eigenvalue weighted by atomic mass is 9.99. The van der Waals surface area contributed by atoms with Crippen LogP contribution < -0.4 is 4.90 Å². The van der Waals surface area contributed by atoms with Crippen LogP contribution in [-0.4, -0.2) is 51.4 Å². The van der Waals surface area contributed by atoms with E-state index >= 15 is 0 Å². The van der Waals surface area contributed by atoms with Gasteiger partial charge in [0.1, 0.15) is 12.2 Å². The van der Waals surface area contributed by atoms with Gasteiger partial charge >= 0.3 is 0 Å². The van der Waals surface area contributed by atoms with Crippen molar-refractivity contribution in [1.82, 2.24) is 14.4 Å². The van der Waals surface area contributed by atoms with Crippen molar-refractivity contribution in [2.24, 2.45) is 5.92 Å². The molecule has 5 rings (SSSR count). The molecule has 2 saturated heterocycles. The van der Waals surface area contributed by atoms with Gasteiger partial charge in [0, 0.05) is 42.8 Å². The first kappa shape index (κ1) is 24.3. The van der Waals surface area contributed by atoms with Gasteiger partial charge in [-0.15, -0.1) is 0 Å². The monoisotopic (exact) mass is 500 g/mol. The molecule has 0 saturated carbocycles. The summed E-state index contributed by atoms with van der Waals surface area (Å²) >= 11 is 5.67.